The second-order valence-corrected chi connectivity index (χ2v) is 4.60. The van der Waals surface area contributed by atoms with Crippen molar-refractivity contribution in [3.63, 3.8) is 0 Å². The van der Waals surface area contributed by atoms with Gasteiger partial charge in [0.25, 0.3) is 0 Å². The minimum Gasteiger partial charge on any atom is -0.328 e. The Morgan fingerprint density at radius 3 is 2.14 bits per heavy atom. The fraction of sp³-hybridized carbons (Fsp3) is 1.00. The van der Waals surface area contributed by atoms with Gasteiger partial charge in [-0.1, -0.05) is 13.8 Å². The van der Waals surface area contributed by atoms with Crippen LogP contribution in [0.25, 0.3) is 0 Å². The van der Waals surface area contributed by atoms with Crippen LogP contribution < -0.4 is 5.73 Å². The van der Waals surface area contributed by atoms with E-state index in [4.69, 9.17) is 5.73 Å². The van der Waals surface area contributed by atoms with Gasteiger partial charge in [-0.25, -0.2) is 0 Å². The van der Waals surface area contributed by atoms with Crippen molar-refractivity contribution in [3.05, 3.63) is 0 Å². The molecule has 0 aromatic heterocycles. The molecule has 2 heteroatoms. The SMILES string of the molecule is CCN(CC)CCC1CCC(N)CC1. The molecule has 1 aliphatic rings. The summed E-state index contributed by atoms with van der Waals surface area (Å²) in [6, 6.07) is 0.500. The highest BCUT2D eigenvalue weighted by atomic mass is 15.1. The van der Waals surface area contributed by atoms with Crippen LogP contribution in [0.4, 0.5) is 0 Å². The molecule has 0 spiro atoms. The average Bonchev–Trinajstić information content (AvgIpc) is 2.22. The Kier molecular flexibility index (Phi) is 5.49. The molecule has 1 rings (SSSR count). The monoisotopic (exact) mass is 198 g/mol. The Morgan fingerprint density at radius 1 is 1.07 bits per heavy atom. The number of hydrogen-bond acceptors (Lipinski definition) is 2. The summed E-state index contributed by atoms with van der Waals surface area (Å²) in [5.41, 5.74) is 5.89. The van der Waals surface area contributed by atoms with Crippen molar-refractivity contribution >= 4 is 0 Å². The molecule has 0 aromatic rings. The van der Waals surface area contributed by atoms with E-state index in [1.165, 1.54) is 51.7 Å². The predicted octanol–water partition coefficient (Wildman–Crippen LogP) is 2.24. The van der Waals surface area contributed by atoms with E-state index in [9.17, 15) is 0 Å². The number of hydrogen-bond donors (Lipinski definition) is 1. The van der Waals surface area contributed by atoms with Crippen molar-refractivity contribution in [2.75, 3.05) is 19.6 Å². The molecule has 0 radical (unpaired) electrons. The number of rotatable bonds is 5. The van der Waals surface area contributed by atoms with E-state index in [1.54, 1.807) is 0 Å². The standard InChI is InChI=1S/C12H26N2/c1-3-14(4-2)10-9-11-5-7-12(13)8-6-11/h11-12H,3-10,13H2,1-2H3. The molecule has 0 saturated heterocycles. The van der Waals surface area contributed by atoms with Crippen molar-refractivity contribution in [1.29, 1.82) is 0 Å². The lowest BCUT2D eigenvalue weighted by atomic mass is 9.84. The molecule has 1 saturated carbocycles. The highest BCUT2D eigenvalue weighted by Gasteiger charge is 2.18. The van der Waals surface area contributed by atoms with E-state index < -0.39 is 0 Å². The zero-order valence-corrected chi connectivity index (χ0v) is 9.84. The van der Waals surface area contributed by atoms with Crippen LogP contribution in [0.5, 0.6) is 0 Å². The molecule has 84 valence electrons. The van der Waals surface area contributed by atoms with Gasteiger partial charge in [0.2, 0.25) is 0 Å². The fourth-order valence-corrected chi connectivity index (χ4v) is 2.38. The summed E-state index contributed by atoms with van der Waals surface area (Å²) in [7, 11) is 0. The molecule has 2 nitrogen and oxygen atoms in total. The third kappa shape index (κ3) is 3.97. The summed E-state index contributed by atoms with van der Waals surface area (Å²) in [4.78, 5) is 2.52. The quantitative estimate of drug-likeness (QED) is 0.734. The molecule has 0 heterocycles. The van der Waals surface area contributed by atoms with Crippen molar-refractivity contribution in [2.45, 2.75) is 52.0 Å². The molecule has 2 N–H and O–H groups in total. The van der Waals surface area contributed by atoms with Crippen LogP contribution in [0.2, 0.25) is 0 Å². The molecule has 0 aliphatic heterocycles. The molecular formula is C12H26N2. The Hall–Kier alpha value is -0.0800. The molecule has 1 fully saturated rings. The molecule has 0 aromatic carbocycles. The van der Waals surface area contributed by atoms with Crippen LogP contribution in [0.3, 0.4) is 0 Å². The Balaban J connectivity index is 2.12. The third-order valence-corrected chi connectivity index (χ3v) is 3.64. The molecular weight excluding hydrogens is 172 g/mol. The first-order valence-electron chi connectivity index (χ1n) is 6.24. The smallest absolute Gasteiger partial charge is 0.00390 e. The zero-order chi connectivity index (χ0) is 10.4. The normalized spacial score (nSPS) is 28.3. The number of nitrogens with two attached hydrogens (primary N) is 1. The summed E-state index contributed by atoms with van der Waals surface area (Å²) in [5.74, 6) is 0.954. The van der Waals surface area contributed by atoms with Crippen molar-refractivity contribution in [3.8, 4) is 0 Å². The van der Waals surface area contributed by atoms with E-state index in [0.717, 1.165) is 5.92 Å². The highest BCUT2D eigenvalue weighted by molar-refractivity contribution is 4.74. The van der Waals surface area contributed by atoms with E-state index in [0.29, 0.717) is 6.04 Å². The van der Waals surface area contributed by atoms with Crippen LogP contribution in [-0.4, -0.2) is 30.6 Å². The van der Waals surface area contributed by atoms with E-state index in [-0.39, 0.29) is 0 Å². The highest BCUT2D eigenvalue weighted by Crippen LogP contribution is 2.25. The summed E-state index contributed by atoms with van der Waals surface area (Å²) >= 11 is 0. The van der Waals surface area contributed by atoms with E-state index in [2.05, 4.69) is 18.7 Å². The van der Waals surface area contributed by atoms with Crippen LogP contribution in [-0.2, 0) is 0 Å². The molecule has 14 heavy (non-hydrogen) atoms. The second-order valence-electron chi connectivity index (χ2n) is 4.60. The largest absolute Gasteiger partial charge is 0.328 e. The lowest BCUT2D eigenvalue weighted by Gasteiger charge is -2.28. The van der Waals surface area contributed by atoms with Crippen LogP contribution in [0.15, 0.2) is 0 Å². The van der Waals surface area contributed by atoms with Gasteiger partial charge in [0.15, 0.2) is 0 Å². The summed E-state index contributed by atoms with van der Waals surface area (Å²) in [6.45, 7) is 8.18. The van der Waals surface area contributed by atoms with Crippen LogP contribution in [0.1, 0.15) is 46.0 Å². The fourth-order valence-electron chi connectivity index (χ4n) is 2.38. The van der Waals surface area contributed by atoms with Crippen molar-refractivity contribution < 1.29 is 0 Å². The zero-order valence-electron chi connectivity index (χ0n) is 9.84. The molecule has 1 aliphatic carbocycles. The molecule has 0 bridgehead atoms. The number of nitrogens with zero attached hydrogens (tertiary/aromatic N) is 1. The van der Waals surface area contributed by atoms with Gasteiger partial charge in [-0.2, -0.15) is 0 Å². The van der Waals surface area contributed by atoms with Gasteiger partial charge < -0.3 is 10.6 Å². The summed E-state index contributed by atoms with van der Waals surface area (Å²) in [5, 5.41) is 0. The predicted molar refractivity (Wildman–Crippen MR) is 62.3 cm³/mol. The molecule has 0 unspecified atom stereocenters. The van der Waals surface area contributed by atoms with Gasteiger partial charge in [-0.15, -0.1) is 0 Å². The van der Waals surface area contributed by atoms with Crippen LogP contribution >= 0.6 is 0 Å². The average molecular weight is 198 g/mol. The van der Waals surface area contributed by atoms with Crippen LogP contribution in [0, 0.1) is 5.92 Å². The summed E-state index contributed by atoms with van der Waals surface area (Å²) < 4.78 is 0. The molecule has 0 atom stereocenters. The van der Waals surface area contributed by atoms with Gasteiger partial charge in [0, 0.05) is 6.04 Å². The maximum atomic E-state index is 5.89. The Bertz CT molecular complexity index is 135. The maximum absolute atomic E-state index is 5.89. The van der Waals surface area contributed by atoms with Gasteiger partial charge in [-0.3, -0.25) is 0 Å². The molecule has 0 amide bonds. The lowest BCUT2D eigenvalue weighted by Crippen LogP contribution is -2.30. The first-order chi connectivity index (χ1) is 6.76. The van der Waals surface area contributed by atoms with Gasteiger partial charge in [0.05, 0.1) is 0 Å². The van der Waals surface area contributed by atoms with Crippen molar-refractivity contribution in [2.24, 2.45) is 11.7 Å². The Morgan fingerprint density at radius 2 is 1.64 bits per heavy atom. The van der Waals surface area contributed by atoms with E-state index >= 15 is 0 Å². The lowest BCUT2D eigenvalue weighted by molar-refractivity contribution is 0.240. The second kappa shape index (κ2) is 6.41. The Labute approximate surface area is 88.8 Å². The van der Waals surface area contributed by atoms with E-state index in [1.807, 2.05) is 0 Å². The topological polar surface area (TPSA) is 29.3 Å². The van der Waals surface area contributed by atoms with Gasteiger partial charge >= 0.3 is 0 Å². The first kappa shape index (κ1) is 12.0. The van der Waals surface area contributed by atoms with Gasteiger partial charge in [-0.05, 0) is 57.7 Å². The minimum atomic E-state index is 0.500. The van der Waals surface area contributed by atoms with Crippen molar-refractivity contribution in [1.82, 2.24) is 4.90 Å². The maximum Gasteiger partial charge on any atom is 0.00390 e. The van der Waals surface area contributed by atoms with Gasteiger partial charge in [0.1, 0.15) is 0 Å². The third-order valence-electron chi connectivity index (χ3n) is 3.64. The minimum absolute atomic E-state index is 0.500. The first-order valence-corrected chi connectivity index (χ1v) is 6.24. The summed E-state index contributed by atoms with van der Waals surface area (Å²) in [6.07, 6.45) is 6.62.